The number of hydrogen-bond donors (Lipinski definition) is 2. The number of benzene rings is 1. The number of carbonyl (C=O) groups excluding carboxylic acids is 1. The Labute approximate surface area is 160 Å². The summed E-state index contributed by atoms with van der Waals surface area (Å²) in [5.41, 5.74) is 5.33. The number of pyridine rings is 1. The summed E-state index contributed by atoms with van der Waals surface area (Å²) in [6.07, 6.45) is -3.94. The number of nitrogens with one attached hydrogen (secondary N) is 1. The highest BCUT2D eigenvalue weighted by Crippen LogP contribution is 2.30. The largest absolute Gasteiger partial charge is 0.417 e. The number of anilines is 2. The van der Waals surface area contributed by atoms with E-state index in [1.54, 1.807) is 0 Å². The molecule has 146 valence electrons. The van der Waals surface area contributed by atoms with Gasteiger partial charge in [-0.2, -0.15) is 18.3 Å². The fourth-order valence-electron chi connectivity index (χ4n) is 2.48. The highest BCUT2D eigenvalue weighted by molar-refractivity contribution is 6.32. The van der Waals surface area contributed by atoms with Crippen LogP contribution in [0.2, 0.25) is 5.02 Å². The van der Waals surface area contributed by atoms with E-state index in [1.165, 1.54) is 19.1 Å². The zero-order valence-corrected chi connectivity index (χ0v) is 14.9. The van der Waals surface area contributed by atoms with Crippen molar-refractivity contribution in [2.45, 2.75) is 13.1 Å². The average molecular weight is 414 g/mol. The normalized spacial score (nSPS) is 11.5. The second-order valence-corrected chi connectivity index (χ2v) is 6.09. The van der Waals surface area contributed by atoms with Gasteiger partial charge >= 0.3 is 6.18 Å². The Hall–Kier alpha value is -3.14. The van der Waals surface area contributed by atoms with E-state index in [-0.39, 0.29) is 33.6 Å². The summed E-state index contributed by atoms with van der Waals surface area (Å²) < 4.78 is 52.5. The van der Waals surface area contributed by atoms with Gasteiger partial charge in [0, 0.05) is 6.20 Å². The van der Waals surface area contributed by atoms with Crippen molar-refractivity contribution in [1.82, 2.24) is 14.8 Å². The maximum atomic E-state index is 13.7. The number of halogens is 5. The molecule has 2 heterocycles. The minimum Gasteiger partial charge on any atom is -0.383 e. The Kier molecular flexibility index (Phi) is 4.99. The van der Waals surface area contributed by atoms with Gasteiger partial charge in [0.2, 0.25) is 0 Å². The number of aromatic nitrogens is 3. The molecule has 1 amide bonds. The van der Waals surface area contributed by atoms with Crippen molar-refractivity contribution in [1.29, 1.82) is 0 Å². The average Bonchev–Trinajstić information content (AvgIpc) is 2.91. The number of nitrogens with two attached hydrogens (primary N) is 1. The van der Waals surface area contributed by atoms with Gasteiger partial charge in [0.05, 0.1) is 16.9 Å². The van der Waals surface area contributed by atoms with E-state index in [1.807, 2.05) is 0 Å². The number of nitrogens with zero attached hydrogens (tertiary/aromatic N) is 3. The monoisotopic (exact) mass is 413 g/mol. The third-order valence-electron chi connectivity index (χ3n) is 3.82. The Morgan fingerprint density at radius 2 is 1.96 bits per heavy atom. The van der Waals surface area contributed by atoms with Crippen LogP contribution in [0.4, 0.5) is 29.2 Å². The van der Waals surface area contributed by atoms with Gasteiger partial charge in [-0.05, 0) is 31.2 Å². The van der Waals surface area contributed by atoms with Crippen LogP contribution < -0.4 is 11.1 Å². The molecule has 0 saturated heterocycles. The zero-order valence-electron chi connectivity index (χ0n) is 14.2. The second kappa shape index (κ2) is 7.12. The molecule has 0 atom stereocenters. The molecule has 0 radical (unpaired) electrons. The smallest absolute Gasteiger partial charge is 0.383 e. The summed E-state index contributed by atoms with van der Waals surface area (Å²) in [7, 11) is 0. The maximum Gasteiger partial charge on any atom is 0.417 e. The van der Waals surface area contributed by atoms with E-state index in [9.17, 15) is 22.4 Å². The summed E-state index contributed by atoms with van der Waals surface area (Å²) in [6.45, 7) is 1.50. The minimum absolute atomic E-state index is 0.0398. The molecule has 3 rings (SSSR count). The third-order valence-corrected chi connectivity index (χ3v) is 4.19. The molecule has 28 heavy (non-hydrogen) atoms. The fraction of sp³-hybridized carbons (Fsp3) is 0.118. The quantitative estimate of drug-likeness (QED) is 0.629. The lowest BCUT2D eigenvalue weighted by molar-refractivity contribution is -0.137. The third kappa shape index (κ3) is 3.63. The highest BCUT2D eigenvalue weighted by Gasteiger charge is 2.31. The van der Waals surface area contributed by atoms with Crippen molar-refractivity contribution in [3.05, 3.63) is 64.2 Å². The van der Waals surface area contributed by atoms with Crippen LogP contribution in [0.1, 0.15) is 21.6 Å². The first-order valence-electron chi connectivity index (χ1n) is 7.73. The van der Waals surface area contributed by atoms with Gasteiger partial charge in [-0.25, -0.2) is 14.1 Å². The first-order chi connectivity index (χ1) is 13.1. The Morgan fingerprint density at radius 3 is 2.57 bits per heavy atom. The number of carbonyl (C=O) groups is 1. The van der Waals surface area contributed by atoms with Crippen LogP contribution in [-0.2, 0) is 6.18 Å². The Morgan fingerprint density at radius 1 is 1.25 bits per heavy atom. The van der Waals surface area contributed by atoms with Gasteiger partial charge in [-0.1, -0.05) is 17.7 Å². The molecular formula is C17H12ClF4N5O. The molecule has 6 nitrogen and oxygen atoms in total. The van der Waals surface area contributed by atoms with Crippen LogP contribution in [0.15, 0.2) is 36.5 Å². The fourth-order valence-corrected chi connectivity index (χ4v) is 2.69. The molecule has 0 unspecified atom stereocenters. The lowest BCUT2D eigenvalue weighted by Gasteiger charge is -2.09. The molecule has 1 aromatic carbocycles. The van der Waals surface area contributed by atoms with Crippen molar-refractivity contribution >= 4 is 29.1 Å². The van der Waals surface area contributed by atoms with E-state index in [4.69, 9.17) is 17.3 Å². The summed E-state index contributed by atoms with van der Waals surface area (Å²) >= 11 is 5.93. The van der Waals surface area contributed by atoms with Gasteiger partial charge in [0.15, 0.2) is 0 Å². The molecule has 2 aromatic heterocycles. The van der Waals surface area contributed by atoms with E-state index < -0.39 is 23.5 Å². The molecule has 0 aliphatic carbocycles. The lowest BCUT2D eigenvalue weighted by Crippen LogP contribution is -2.16. The molecule has 0 aliphatic heterocycles. The molecule has 0 aliphatic rings. The summed E-state index contributed by atoms with van der Waals surface area (Å²) in [5, 5.41) is 6.22. The number of hydrogen-bond acceptors (Lipinski definition) is 4. The first-order valence-corrected chi connectivity index (χ1v) is 8.11. The first kappa shape index (κ1) is 19.6. The zero-order chi connectivity index (χ0) is 20.6. The number of aryl methyl sites for hydroxylation is 1. The number of alkyl halides is 3. The van der Waals surface area contributed by atoms with Crippen molar-refractivity contribution < 1.29 is 22.4 Å². The predicted molar refractivity (Wildman–Crippen MR) is 94.9 cm³/mol. The van der Waals surface area contributed by atoms with Crippen LogP contribution in [0.3, 0.4) is 0 Å². The van der Waals surface area contributed by atoms with Gasteiger partial charge in [0.1, 0.15) is 28.0 Å². The topological polar surface area (TPSA) is 85.8 Å². The van der Waals surface area contributed by atoms with E-state index >= 15 is 0 Å². The van der Waals surface area contributed by atoms with Gasteiger partial charge < -0.3 is 11.1 Å². The van der Waals surface area contributed by atoms with Crippen molar-refractivity contribution in [3.8, 4) is 5.69 Å². The van der Waals surface area contributed by atoms with Crippen molar-refractivity contribution in [2.24, 2.45) is 0 Å². The number of rotatable bonds is 3. The van der Waals surface area contributed by atoms with E-state index in [2.05, 4.69) is 15.4 Å². The van der Waals surface area contributed by atoms with Gasteiger partial charge in [0.25, 0.3) is 5.91 Å². The van der Waals surface area contributed by atoms with Crippen LogP contribution in [-0.4, -0.2) is 20.7 Å². The Balaban J connectivity index is 1.91. The lowest BCUT2D eigenvalue weighted by atomic mass is 10.2. The van der Waals surface area contributed by atoms with E-state index in [0.717, 1.165) is 22.9 Å². The molecule has 0 spiro atoms. The maximum absolute atomic E-state index is 13.7. The van der Waals surface area contributed by atoms with E-state index in [0.29, 0.717) is 6.20 Å². The molecule has 0 bridgehead atoms. The van der Waals surface area contributed by atoms with Crippen LogP contribution in [0.5, 0.6) is 0 Å². The van der Waals surface area contributed by atoms with Crippen LogP contribution in [0, 0.1) is 12.7 Å². The van der Waals surface area contributed by atoms with Crippen LogP contribution in [0.25, 0.3) is 5.69 Å². The summed E-state index contributed by atoms with van der Waals surface area (Å²) in [5.74, 6) is -1.64. The molecule has 0 saturated carbocycles. The number of nitrogen functional groups attached to an aromatic ring is 1. The van der Waals surface area contributed by atoms with Gasteiger partial charge in [-0.15, -0.1) is 0 Å². The Bertz CT molecular complexity index is 1050. The molecule has 0 fully saturated rings. The SMILES string of the molecule is Cc1nn(-c2cccc(F)c2Cl)c(N)c1C(=O)Nc1ccc(C(F)(F)F)cn1. The standard InChI is InChI=1S/C17H12ClF4N5O/c1-8-13(15(23)27(26-8)11-4-2-3-10(19)14(11)18)16(28)25-12-6-5-9(7-24-12)17(20,21)22/h2-7H,23H2,1H3,(H,24,25,28). The second-order valence-electron chi connectivity index (χ2n) is 5.71. The minimum atomic E-state index is -4.54. The van der Waals surface area contributed by atoms with Gasteiger partial charge in [-0.3, -0.25) is 4.79 Å². The van der Waals surface area contributed by atoms with Crippen LogP contribution >= 0.6 is 11.6 Å². The highest BCUT2D eigenvalue weighted by atomic mass is 35.5. The molecule has 11 heteroatoms. The predicted octanol–water partition coefficient (Wildman–Crippen LogP) is 4.22. The molecular weight excluding hydrogens is 402 g/mol. The molecule has 3 aromatic rings. The number of amides is 1. The summed E-state index contributed by atoms with van der Waals surface area (Å²) in [4.78, 5) is 16.1. The van der Waals surface area contributed by atoms with Crippen molar-refractivity contribution in [3.63, 3.8) is 0 Å². The van der Waals surface area contributed by atoms with Crippen molar-refractivity contribution in [2.75, 3.05) is 11.1 Å². The summed E-state index contributed by atoms with van der Waals surface area (Å²) in [6, 6.07) is 5.82. The molecule has 3 N–H and O–H groups in total.